The quantitative estimate of drug-likeness (QED) is 0.807. The number of thiazole rings is 1. The Bertz CT molecular complexity index is 700. The molecule has 0 aliphatic carbocycles. The molecule has 0 fully saturated rings. The minimum absolute atomic E-state index is 0.136. The summed E-state index contributed by atoms with van der Waals surface area (Å²) in [7, 11) is 1.33. The first-order valence-corrected chi connectivity index (χ1v) is 7.88. The molecule has 1 amide bonds. The Kier molecular flexibility index (Phi) is 5.95. The molecule has 23 heavy (non-hydrogen) atoms. The third-order valence-corrected chi connectivity index (χ3v) is 4.18. The number of nitrogens with zero attached hydrogens (tertiary/aromatic N) is 1. The summed E-state index contributed by atoms with van der Waals surface area (Å²) in [4.78, 5) is 28.1. The van der Waals surface area contributed by atoms with Crippen molar-refractivity contribution in [1.82, 2.24) is 4.98 Å². The number of benzene rings is 1. The fourth-order valence-electron chi connectivity index (χ4n) is 1.68. The Labute approximate surface area is 142 Å². The second-order valence-corrected chi connectivity index (χ2v) is 6.09. The van der Waals surface area contributed by atoms with Crippen LogP contribution in [0.15, 0.2) is 24.3 Å². The third-order valence-electron chi connectivity index (χ3n) is 2.86. The molecule has 1 aromatic carbocycles. The highest BCUT2D eigenvalue weighted by Crippen LogP contribution is 2.23. The van der Waals surface area contributed by atoms with E-state index < -0.39 is 0 Å². The van der Waals surface area contributed by atoms with Crippen LogP contribution in [0.5, 0.6) is 5.75 Å². The lowest BCUT2D eigenvalue weighted by Crippen LogP contribution is -2.20. The Balaban J connectivity index is 1.88. The third kappa shape index (κ3) is 5.22. The van der Waals surface area contributed by atoms with Gasteiger partial charge in [-0.3, -0.25) is 14.9 Å². The van der Waals surface area contributed by atoms with Gasteiger partial charge in [0.15, 0.2) is 11.7 Å². The van der Waals surface area contributed by atoms with Gasteiger partial charge in [-0.15, -0.1) is 11.3 Å². The fraction of sp³-hybridized carbons (Fsp3) is 0.267. The van der Waals surface area contributed by atoms with E-state index in [0.29, 0.717) is 21.6 Å². The van der Waals surface area contributed by atoms with Crippen molar-refractivity contribution in [3.63, 3.8) is 0 Å². The van der Waals surface area contributed by atoms with E-state index in [9.17, 15) is 9.59 Å². The van der Waals surface area contributed by atoms with Crippen LogP contribution in [0.2, 0.25) is 5.02 Å². The molecule has 0 saturated carbocycles. The number of aryl methyl sites for hydroxylation is 1. The number of halogens is 1. The maximum Gasteiger partial charge on any atom is 0.310 e. The van der Waals surface area contributed by atoms with E-state index in [1.54, 1.807) is 31.2 Å². The fourth-order valence-corrected chi connectivity index (χ4v) is 2.77. The molecule has 0 bridgehead atoms. The number of methoxy groups -OCH3 is 1. The molecule has 0 aliphatic heterocycles. The zero-order valence-electron chi connectivity index (χ0n) is 12.6. The highest BCUT2D eigenvalue weighted by molar-refractivity contribution is 7.16. The Hall–Kier alpha value is -2.12. The van der Waals surface area contributed by atoms with E-state index in [2.05, 4.69) is 15.0 Å². The molecule has 0 unspecified atom stereocenters. The first-order valence-electron chi connectivity index (χ1n) is 6.69. The van der Waals surface area contributed by atoms with Gasteiger partial charge in [0.1, 0.15) is 5.75 Å². The summed E-state index contributed by atoms with van der Waals surface area (Å²) in [5, 5.41) is 3.66. The number of esters is 1. The van der Waals surface area contributed by atoms with Crippen LogP contribution in [-0.4, -0.2) is 30.6 Å². The number of hydrogen-bond donors (Lipinski definition) is 1. The monoisotopic (exact) mass is 354 g/mol. The second kappa shape index (κ2) is 7.94. The summed E-state index contributed by atoms with van der Waals surface area (Å²) in [5.74, 6) is -0.134. The minimum atomic E-state index is -0.347. The minimum Gasteiger partial charge on any atom is -0.484 e. The van der Waals surface area contributed by atoms with Gasteiger partial charge in [-0.1, -0.05) is 11.6 Å². The number of carbonyl (C=O) groups excluding carboxylic acids is 2. The van der Waals surface area contributed by atoms with E-state index in [1.807, 2.05) is 0 Å². The van der Waals surface area contributed by atoms with Gasteiger partial charge in [-0.25, -0.2) is 4.98 Å². The molecule has 0 spiro atoms. The van der Waals surface area contributed by atoms with Crippen molar-refractivity contribution in [2.45, 2.75) is 13.3 Å². The van der Waals surface area contributed by atoms with Crippen LogP contribution in [0, 0.1) is 6.92 Å². The first-order chi connectivity index (χ1) is 11.0. The average molecular weight is 355 g/mol. The lowest BCUT2D eigenvalue weighted by Gasteiger charge is -2.05. The number of hydrogen-bond acceptors (Lipinski definition) is 6. The van der Waals surface area contributed by atoms with Crippen molar-refractivity contribution >= 4 is 39.9 Å². The molecule has 8 heteroatoms. The van der Waals surface area contributed by atoms with Crippen molar-refractivity contribution in [3.05, 3.63) is 39.9 Å². The summed E-state index contributed by atoms with van der Waals surface area (Å²) in [6.07, 6.45) is 0.136. The van der Waals surface area contributed by atoms with Crippen LogP contribution in [-0.2, 0) is 20.7 Å². The molecule has 6 nitrogen and oxygen atoms in total. The second-order valence-electron chi connectivity index (χ2n) is 4.57. The molecule has 0 saturated heterocycles. The Morgan fingerprint density at radius 2 is 2.00 bits per heavy atom. The predicted molar refractivity (Wildman–Crippen MR) is 88.1 cm³/mol. The molecular weight excluding hydrogens is 340 g/mol. The zero-order chi connectivity index (χ0) is 16.8. The molecule has 0 aliphatic rings. The number of nitrogens with one attached hydrogen (secondary N) is 1. The largest absolute Gasteiger partial charge is 0.484 e. The summed E-state index contributed by atoms with van der Waals surface area (Å²) in [6.45, 7) is 1.63. The Morgan fingerprint density at radius 1 is 1.30 bits per heavy atom. The number of anilines is 1. The lowest BCUT2D eigenvalue weighted by molar-refractivity contribution is -0.139. The van der Waals surface area contributed by atoms with E-state index in [1.165, 1.54) is 18.4 Å². The number of rotatable bonds is 6. The van der Waals surface area contributed by atoms with Gasteiger partial charge in [0.2, 0.25) is 0 Å². The SMILES string of the molecule is COC(=O)Cc1sc(NC(=O)COc2ccc(Cl)cc2)nc1C. The van der Waals surface area contributed by atoms with Crippen LogP contribution in [0.1, 0.15) is 10.6 Å². The molecule has 2 aromatic rings. The van der Waals surface area contributed by atoms with E-state index in [0.717, 1.165) is 4.88 Å². The molecular formula is C15H15ClN2O4S. The molecule has 0 atom stereocenters. The van der Waals surface area contributed by atoms with Crippen molar-refractivity contribution < 1.29 is 19.1 Å². The van der Waals surface area contributed by atoms with Gasteiger partial charge >= 0.3 is 5.97 Å². The van der Waals surface area contributed by atoms with Gasteiger partial charge in [0, 0.05) is 9.90 Å². The Morgan fingerprint density at radius 3 is 2.65 bits per heavy atom. The summed E-state index contributed by atoms with van der Waals surface area (Å²) >= 11 is 7.01. The number of ether oxygens (including phenoxy) is 2. The van der Waals surface area contributed by atoms with Gasteiger partial charge in [-0.05, 0) is 31.2 Å². The van der Waals surface area contributed by atoms with E-state index >= 15 is 0 Å². The van der Waals surface area contributed by atoms with E-state index in [-0.39, 0.29) is 24.9 Å². The zero-order valence-corrected chi connectivity index (χ0v) is 14.2. The van der Waals surface area contributed by atoms with Gasteiger partial charge < -0.3 is 9.47 Å². The van der Waals surface area contributed by atoms with Crippen molar-refractivity contribution in [1.29, 1.82) is 0 Å². The predicted octanol–water partition coefficient (Wildman–Crippen LogP) is 2.84. The van der Waals surface area contributed by atoms with Gasteiger partial charge in [0.25, 0.3) is 5.91 Å². The molecule has 1 heterocycles. The molecule has 1 N–H and O–H groups in total. The summed E-state index contributed by atoms with van der Waals surface area (Å²) in [6, 6.07) is 6.71. The number of carbonyl (C=O) groups is 2. The topological polar surface area (TPSA) is 77.5 Å². The van der Waals surface area contributed by atoms with Gasteiger partial charge in [-0.2, -0.15) is 0 Å². The van der Waals surface area contributed by atoms with Crippen molar-refractivity contribution in [3.8, 4) is 5.75 Å². The van der Waals surface area contributed by atoms with Gasteiger partial charge in [0.05, 0.1) is 19.2 Å². The molecule has 2 rings (SSSR count). The van der Waals surface area contributed by atoms with Crippen LogP contribution in [0.4, 0.5) is 5.13 Å². The number of amides is 1. The first kappa shape index (κ1) is 17.2. The van der Waals surface area contributed by atoms with Crippen molar-refractivity contribution in [2.24, 2.45) is 0 Å². The van der Waals surface area contributed by atoms with Crippen molar-refractivity contribution in [2.75, 3.05) is 19.0 Å². The summed E-state index contributed by atoms with van der Waals surface area (Å²) < 4.78 is 9.96. The molecule has 1 aromatic heterocycles. The standard InChI is InChI=1S/C15H15ClN2O4S/c1-9-12(7-14(20)21-2)23-15(17-9)18-13(19)8-22-11-5-3-10(16)4-6-11/h3-6H,7-8H2,1-2H3,(H,17,18,19). The maximum atomic E-state index is 11.9. The smallest absolute Gasteiger partial charge is 0.310 e. The normalized spacial score (nSPS) is 10.2. The highest BCUT2D eigenvalue weighted by Gasteiger charge is 2.14. The lowest BCUT2D eigenvalue weighted by atomic mass is 10.3. The van der Waals surface area contributed by atoms with Crippen LogP contribution in [0.25, 0.3) is 0 Å². The van der Waals surface area contributed by atoms with E-state index in [4.69, 9.17) is 16.3 Å². The summed E-state index contributed by atoms with van der Waals surface area (Å²) in [5.41, 5.74) is 0.689. The average Bonchev–Trinajstić information content (AvgIpc) is 2.86. The van der Waals surface area contributed by atoms with Crippen LogP contribution >= 0.6 is 22.9 Å². The van der Waals surface area contributed by atoms with Crippen LogP contribution in [0.3, 0.4) is 0 Å². The molecule has 122 valence electrons. The molecule has 0 radical (unpaired) electrons. The maximum absolute atomic E-state index is 11.9. The highest BCUT2D eigenvalue weighted by atomic mass is 35.5. The number of aromatic nitrogens is 1. The van der Waals surface area contributed by atoms with Crippen LogP contribution < -0.4 is 10.1 Å².